The van der Waals surface area contributed by atoms with Crippen LogP contribution in [0.1, 0.15) is 52.9 Å². The van der Waals surface area contributed by atoms with Crippen molar-refractivity contribution in [3.8, 4) is 0 Å². The summed E-state index contributed by atoms with van der Waals surface area (Å²) in [4.78, 5) is 27.1. The van der Waals surface area contributed by atoms with Crippen molar-refractivity contribution in [3.63, 3.8) is 0 Å². The molecule has 0 unspecified atom stereocenters. The van der Waals surface area contributed by atoms with Crippen molar-refractivity contribution in [1.29, 1.82) is 0 Å². The molecular formula is C16H21N5O2S. The molecule has 0 radical (unpaired) electrons. The molecule has 0 atom stereocenters. The maximum Gasteiger partial charge on any atom is 0.264 e. The fourth-order valence-electron chi connectivity index (χ4n) is 2.74. The summed E-state index contributed by atoms with van der Waals surface area (Å²) < 4.78 is 2.12. The lowest BCUT2D eigenvalue weighted by Gasteiger charge is -2.27. The Labute approximate surface area is 144 Å². The molecule has 2 aromatic heterocycles. The van der Waals surface area contributed by atoms with Gasteiger partial charge in [-0.3, -0.25) is 9.59 Å². The molecule has 24 heavy (non-hydrogen) atoms. The molecule has 1 aliphatic heterocycles. The van der Waals surface area contributed by atoms with E-state index < -0.39 is 0 Å². The molecule has 128 valence electrons. The van der Waals surface area contributed by atoms with Gasteiger partial charge in [0.2, 0.25) is 5.91 Å². The van der Waals surface area contributed by atoms with Crippen LogP contribution in [0.2, 0.25) is 0 Å². The van der Waals surface area contributed by atoms with Gasteiger partial charge in [0.25, 0.3) is 5.91 Å². The molecule has 1 N–H and O–H groups in total. The normalized spacial score (nSPS) is 13.9. The average molecular weight is 347 g/mol. The smallest absolute Gasteiger partial charge is 0.264 e. The lowest BCUT2D eigenvalue weighted by Crippen LogP contribution is -2.38. The number of nitrogens with zero attached hydrogens (tertiary/aromatic N) is 4. The monoisotopic (exact) mass is 347 g/mol. The van der Waals surface area contributed by atoms with Gasteiger partial charge in [-0.05, 0) is 12.1 Å². The van der Waals surface area contributed by atoms with Crippen LogP contribution in [0.4, 0.5) is 0 Å². The topological polar surface area (TPSA) is 80.1 Å². The van der Waals surface area contributed by atoms with E-state index in [0.29, 0.717) is 30.4 Å². The van der Waals surface area contributed by atoms with E-state index >= 15 is 0 Å². The fraction of sp³-hybridized carbons (Fsp3) is 0.500. The summed E-state index contributed by atoms with van der Waals surface area (Å²) in [7, 11) is 0. The number of carbonyl (C=O) groups excluding carboxylic acids is 2. The minimum Gasteiger partial charge on any atom is -0.351 e. The molecule has 2 amide bonds. The van der Waals surface area contributed by atoms with E-state index in [0.717, 1.165) is 23.1 Å². The van der Waals surface area contributed by atoms with Crippen LogP contribution in [0, 0.1) is 0 Å². The molecule has 3 heterocycles. The second-order valence-corrected chi connectivity index (χ2v) is 7.35. The van der Waals surface area contributed by atoms with Gasteiger partial charge in [-0.15, -0.1) is 21.5 Å². The Morgan fingerprint density at radius 1 is 1.29 bits per heavy atom. The van der Waals surface area contributed by atoms with Crippen LogP contribution in [0.5, 0.6) is 0 Å². The van der Waals surface area contributed by atoms with E-state index in [1.165, 1.54) is 18.3 Å². The molecule has 1 aliphatic rings. The molecular weight excluding hydrogens is 326 g/mol. The third-order valence-corrected chi connectivity index (χ3v) is 5.04. The molecule has 7 nitrogen and oxygen atoms in total. The molecule has 0 spiro atoms. The van der Waals surface area contributed by atoms with Gasteiger partial charge in [0, 0.05) is 30.8 Å². The Bertz CT molecular complexity index is 764. The van der Waals surface area contributed by atoms with Crippen LogP contribution in [-0.4, -0.2) is 38.0 Å². The molecule has 0 saturated carbocycles. The molecule has 0 saturated heterocycles. The number of nitrogens with one attached hydrogen (secondary N) is 1. The summed E-state index contributed by atoms with van der Waals surface area (Å²) in [5.41, 5.74) is 0. The van der Waals surface area contributed by atoms with Gasteiger partial charge in [-0.25, -0.2) is 0 Å². The van der Waals surface area contributed by atoms with Crippen molar-refractivity contribution in [2.45, 2.75) is 46.3 Å². The molecule has 0 fully saturated rings. The summed E-state index contributed by atoms with van der Waals surface area (Å²) in [6, 6.07) is 3.71. The summed E-state index contributed by atoms with van der Waals surface area (Å²) in [6.07, 6.45) is 0. The Morgan fingerprint density at radius 3 is 2.79 bits per heavy atom. The molecule has 8 heteroatoms. The second-order valence-electron chi connectivity index (χ2n) is 6.18. The quantitative estimate of drug-likeness (QED) is 0.914. The standard InChI is InChI=1S/C16H21N5O2S/c1-10(2)15-19-18-14-9-20(6-7-21(14)15)16(23)13-5-4-12(24-13)8-17-11(3)22/h4-5,10H,6-9H2,1-3H3,(H,17,22). The number of amides is 2. The van der Waals surface area contributed by atoms with Crippen LogP contribution >= 0.6 is 11.3 Å². The molecule has 0 aliphatic carbocycles. The van der Waals surface area contributed by atoms with Crippen molar-refractivity contribution < 1.29 is 9.59 Å². The number of aromatic nitrogens is 3. The third kappa shape index (κ3) is 3.33. The van der Waals surface area contributed by atoms with Crippen LogP contribution in [0.25, 0.3) is 0 Å². The summed E-state index contributed by atoms with van der Waals surface area (Å²) in [6.45, 7) is 7.99. The summed E-state index contributed by atoms with van der Waals surface area (Å²) >= 11 is 1.42. The summed E-state index contributed by atoms with van der Waals surface area (Å²) in [5, 5.41) is 11.2. The van der Waals surface area contributed by atoms with Crippen molar-refractivity contribution in [2.75, 3.05) is 6.54 Å². The Morgan fingerprint density at radius 2 is 2.08 bits per heavy atom. The van der Waals surface area contributed by atoms with E-state index in [4.69, 9.17) is 0 Å². The zero-order chi connectivity index (χ0) is 17.3. The highest BCUT2D eigenvalue weighted by molar-refractivity contribution is 7.14. The van der Waals surface area contributed by atoms with Gasteiger partial charge >= 0.3 is 0 Å². The maximum atomic E-state index is 12.7. The largest absolute Gasteiger partial charge is 0.351 e. The van der Waals surface area contributed by atoms with Gasteiger partial charge in [-0.2, -0.15) is 0 Å². The van der Waals surface area contributed by atoms with Gasteiger partial charge in [0.15, 0.2) is 5.82 Å². The fourth-order valence-corrected chi connectivity index (χ4v) is 3.65. The number of thiophene rings is 1. The van der Waals surface area contributed by atoms with Crippen molar-refractivity contribution in [2.24, 2.45) is 0 Å². The SMILES string of the molecule is CC(=O)NCc1ccc(C(=O)N2CCn3c(nnc3C(C)C)C2)s1. The van der Waals surface area contributed by atoms with Crippen LogP contribution in [0.3, 0.4) is 0 Å². The first-order valence-electron chi connectivity index (χ1n) is 8.00. The lowest BCUT2D eigenvalue weighted by atomic mass is 10.2. The highest BCUT2D eigenvalue weighted by Gasteiger charge is 2.26. The minimum absolute atomic E-state index is 0.00872. The van der Waals surface area contributed by atoms with Crippen LogP contribution < -0.4 is 5.32 Å². The maximum absolute atomic E-state index is 12.7. The van der Waals surface area contributed by atoms with Gasteiger partial charge < -0.3 is 14.8 Å². The number of carbonyl (C=O) groups is 2. The first-order chi connectivity index (χ1) is 11.5. The zero-order valence-corrected chi connectivity index (χ0v) is 14.9. The van der Waals surface area contributed by atoms with Crippen molar-refractivity contribution in [1.82, 2.24) is 25.0 Å². The molecule has 3 rings (SSSR count). The highest BCUT2D eigenvalue weighted by Crippen LogP contribution is 2.22. The zero-order valence-electron chi connectivity index (χ0n) is 14.1. The minimum atomic E-state index is -0.0763. The number of hydrogen-bond acceptors (Lipinski definition) is 5. The van der Waals surface area contributed by atoms with Crippen LogP contribution in [-0.2, 0) is 24.4 Å². The lowest BCUT2D eigenvalue weighted by molar-refractivity contribution is -0.119. The number of rotatable bonds is 4. The highest BCUT2D eigenvalue weighted by atomic mass is 32.1. The van der Waals surface area contributed by atoms with E-state index in [1.54, 1.807) is 0 Å². The third-order valence-electron chi connectivity index (χ3n) is 3.97. The molecule has 0 aromatic carbocycles. The second kappa shape index (κ2) is 6.72. The van der Waals surface area contributed by atoms with E-state index in [1.807, 2.05) is 17.0 Å². The Kier molecular flexibility index (Phi) is 4.66. The average Bonchev–Trinajstić information content (AvgIpc) is 3.18. The number of hydrogen-bond donors (Lipinski definition) is 1. The predicted molar refractivity (Wildman–Crippen MR) is 90.7 cm³/mol. The van der Waals surface area contributed by atoms with Gasteiger partial charge in [0.1, 0.15) is 5.82 Å². The Balaban J connectivity index is 1.69. The number of fused-ring (bicyclic) bond motifs is 1. The van der Waals surface area contributed by atoms with Crippen molar-refractivity contribution >= 4 is 23.2 Å². The van der Waals surface area contributed by atoms with E-state index in [-0.39, 0.29) is 11.8 Å². The van der Waals surface area contributed by atoms with E-state index in [9.17, 15) is 9.59 Å². The first kappa shape index (κ1) is 16.6. The first-order valence-corrected chi connectivity index (χ1v) is 8.81. The summed E-state index contributed by atoms with van der Waals surface area (Å²) in [5.74, 6) is 2.07. The van der Waals surface area contributed by atoms with Gasteiger partial charge in [-0.1, -0.05) is 13.8 Å². The Hall–Kier alpha value is -2.22. The van der Waals surface area contributed by atoms with Crippen LogP contribution in [0.15, 0.2) is 12.1 Å². The molecule has 2 aromatic rings. The van der Waals surface area contributed by atoms with Crippen molar-refractivity contribution in [3.05, 3.63) is 33.5 Å². The predicted octanol–water partition coefficient (Wildman–Crippen LogP) is 1.76. The van der Waals surface area contributed by atoms with E-state index in [2.05, 4.69) is 33.9 Å². The van der Waals surface area contributed by atoms with Gasteiger partial charge in [0.05, 0.1) is 18.0 Å². The molecule has 0 bridgehead atoms.